The van der Waals surface area contributed by atoms with Gasteiger partial charge in [-0.2, -0.15) is 0 Å². The van der Waals surface area contributed by atoms with Gasteiger partial charge in [0.1, 0.15) is 5.60 Å². The molecular weight excluding hydrogens is 306 g/mol. The molecule has 0 aliphatic rings. The van der Waals surface area contributed by atoms with Gasteiger partial charge in [-0.25, -0.2) is 0 Å². The first-order valence-corrected chi connectivity index (χ1v) is 8.50. The largest absolute Gasteiger partial charge is 0.493 e. The second-order valence-electron chi connectivity index (χ2n) is 6.11. The van der Waals surface area contributed by atoms with Crippen LogP contribution >= 0.6 is 0 Å². The van der Waals surface area contributed by atoms with Crippen LogP contribution in [0, 0.1) is 0 Å². The molecule has 1 amide bonds. The highest BCUT2D eigenvalue weighted by Crippen LogP contribution is 2.35. The van der Waals surface area contributed by atoms with Crippen molar-refractivity contribution in [3.8, 4) is 5.88 Å². The number of aromatic nitrogens is 1. The summed E-state index contributed by atoms with van der Waals surface area (Å²) in [5, 5.41) is 28.9. The van der Waals surface area contributed by atoms with Gasteiger partial charge >= 0.3 is 0 Å². The van der Waals surface area contributed by atoms with E-state index in [-0.39, 0.29) is 11.6 Å². The molecule has 0 saturated carbocycles. The zero-order chi connectivity index (χ0) is 17.6. The third-order valence-corrected chi connectivity index (χ3v) is 4.19. The van der Waals surface area contributed by atoms with Crippen LogP contribution < -0.4 is 0 Å². The van der Waals surface area contributed by atoms with Gasteiger partial charge in [-0.05, 0) is 18.9 Å². The number of carbonyl (C=O) groups excluding carboxylic acids is 1. The number of para-hydroxylation sites is 1. The van der Waals surface area contributed by atoms with Crippen molar-refractivity contribution in [1.29, 1.82) is 0 Å². The van der Waals surface area contributed by atoms with Crippen LogP contribution in [0.15, 0.2) is 34.5 Å². The summed E-state index contributed by atoms with van der Waals surface area (Å²) in [7, 11) is 0. The highest BCUT2D eigenvalue weighted by Gasteiger charge is 2.34. The van der Waals surface area contributed by atoms with Gasteiger partial charge in [0.05, 0.1) is 5.52 Å². The number of hydrogen-bond donors (Lipinski definition) is 3. The minimum atomic E-state index is -1.47. The number of amides is 1. The second-order valence-corrected chi connectivity index (χ2v) is 6.11. The number of nitrogens with one attached hydrogen (secondary N) is 1. The third-order valence-electron chi connectivity index (χ3n) is 4.19. The van der Waals surface area contributed by atoms with E-state index in [4.69, 9.17) is 0 Å². The number of rotatable bonds is 8. The summed E-state index contributed by atoms with van der Waals surface area (Å²) in [6.45, 7) is 4.02. The molecule has 0 aliphatic heterocycles. The lowest BCUT2D eigenvalue weighted by atomic mass is 9.90. The summed E-state index contributed by atoms with van der Waals surface area (Å²) in [6, 6.07) is 7.23. The number of fused-ring (bicyclic) bond motifs is 1. The average molecular weight is 331 g/mol. The Hall–Kier alpha value is -2.21. The predicted octanol–water partition coefficient (Wildman–Crippen LogP) is 4.60. The van der Waals surface area contributed by atoms with Crippen molar-refractivity contribution in [1.82, 2.24) is 4.98 Å². The standard InChI is InChI=1S/C18H25N3O3/c1-3-5-11-18(24,12-6-4-2)17(23)21-20-15-13-9-7-8-10-14(13)19-16(15)22/h7-10,19,22,24H,3-6,11-12H2,1-2H3. The molecule has 24 heavy (non-hydrogen) atoms. The first-order chi connectivity index (χ1) is 11.5. The van der Waals surface area contributed by atoms with Gasteiger partial charge in [0.2, 0.25) is 5.88 Å². The van der Waals surface area contributed by atoms with Gasteiger partial charge in [-0.3, -0.25) is 4.79 Å². The average Bonchev–Trinajstić information content (AvgIpc) is 2.91. The molecule has 2 aromatic rings. The van der Waals surface area contributed by atoms with Crippen LogP contribution in [0.2, 0.25) is 0 Å². The molecule has 0 fully saturated rings. The molecule has 0 spiro atoms. The summed E-state index contributed by atoms with van der Waals surface area (Å²) in [4.78, 5) is 15.2. The van der Waals surface area contributed by atoms with Crippen LogP contribution in [-0.4, -0.2) is 26.7 Å². The Kier molecular flexibility index (Phi) is 6.09. The summed E-state index contributed by atoms with van der Waals surface area (Å²) in [5.74, 6) is -0.785. The van der Waals surface area contributed by atoms with Crippen LogP contribution in [0.1, 0.15) is 52.4 Å². The fourth-order valence-electron chi connectivity index (χ4n) is 2.68. The van der Waals surface area contributed by atoms with Crippen molar-refractivity contribution >= 4 is 22.5 Å². The Balaban J connectivity index is 2.24. The molecule has 1 aromatic carbocycles. The first kappa shape index (κ1) is 18.1. The van der Waals surface area contributed by atoms with E-state index in [9.17, 15) is 15.0 Å². The molecule has 0 unspecified atom stereocenters. The van der Waals surface area contributed by atoms with Crippen molar-refractivity contribution < 1.29 is 15.0 Å². The Labute approximate surface area is 141 Å². The highest BCUT2D eigenvalue weighted by molar-refractivity contribution is 5.94. The minimum absolute atomic E-state index is 0.140. The highest BCUT2D eigenvalue weighted by atomic mass is 16.3. The lowest BCUT2D eigenvalue weighted by molar-refractivity contribution is -0.138. The fourth-order valence-corrected chi connectivity index (χ4v) is 2.68. The van der Waals surface area contributed by atoms with Gasteiger partial charge in [0, 0.05) is 5.39 Å². The maximum absolute atomic E-state index is 12.4. The van der Waals surface area contributed by atoms with E-state index >= 15 is 0 Å². The first-order valence-electron chi connectivity index (χ1n) is 8.50. The SMILES string of the molecule is CCCCC(O)(CCCC)C(=O)N=Nc1c(O)[nH]c2ccccc12. The second kappa shape index (κ2) is 8.06. The molecular formula is C18H25N3O3. The van der Waals surface area contributed by atoms with Gasteiger partial charge in [0.25, 0.3) is 5.91 Å². The predicted molar refractivity (Wildman–Crippen MR) is 93.5 cm³/mol. The summed E-state index contributed by atoms with van der Waals surface area (Å²) < 4.78 is 0. The molecule has 2 rings (SSSR count). The number of H-pyrrole nitrogens is 1. The molecule has 1 aromatic heterocycles. The lowest BCUT2D eigenvalue weighted by Crippen LogP contribution is -2.37. The molecule has 0 atom stereocenters. The zero-order valence-electron chi connectivity index (χ0n) is 14.2. The molecule has 6 heteroatoms. The van der Waals surface area contributed by atoms with Gasteiger partial charge in [0.15, 0.2) is 5.69 Å². The van der Waals surface area contributed by atoms with E-state index in [1.807, 2.05) is 26.0 Å². The summed E-state index contributed by atoms with van der Waals surface area (Å²) in [6.07, 6.45) is 4.03. The van der Waals surface area contributed by atoms with Crippen LogP contribution in [0.4, 0.5) is 5.69 Å². The van der Waals surface area contributed by atoms with E-state index in [1.54, 1.807) is 12.1 Å². The monoisotopic (exact) mass is 331 g/mol. The number of aliphatic hydroxyl groups is 1. The molecule has 0 saturated heterocycles. The van der Waals surface area contributed by atoms with Crippen molar-refractivity contribution in [3.63, 3.8) is 0 Å². The molecule has 0 bridgehead atoms. The number of hydrogen-bond acceptors (Lipinski definition) is 4. The van der Waals surface area contributed by atoms with Gasteiger partial charge in [-0.15, -0.1) is 10.2 Å². The topological polar surface area (TPSA) is 98.0 Å². The Morgan fingerprint density at radius 2 is 1.79 bits per heavy atom. The van der Waals surface area contributed by atoms with Crippen LogP contribution in [0.3, 0.4) is 0 Å². The molecule has 6 nitrogen and oxygen atoms in total. The smallest absolute Gasteiger partial charge is 0.296 e. The number of azo groups is 1. The zero-order valence-corrected chi connectivity index (χ0v) is 14.2. The normalized spacial score (nSPS) is 12.3. The number of aromatic hydroxyl groups is 1. The number of unbranched alkanes of at least 4 members (excludes halogenated alkanes) is 2. The van der Waals surface area contributed by atoms with Crippen LogP contribution in [-0.2, 0) is 4.79 Å². The molecule has 130 valence electrons. The fraction of sp³-hybridized carbons (Fsp3) is 0.500. The van der Waals surface area contributed by atoms with Crippen molar-refractivity contribution in [2.45, 2.75) is 58.0 Å². The summed E-state index contributed by atoms with van der Waals surface area (Å²) in [5.41, 5.74) is -0.548. The number of nitrogens with zero attached hydrogens (tertiary/aromatic N) is 2. The maximum Gasteiger partial charge on any atom is 0.296 e. The maximum atomic E-state index is 12.4. The van der Waals surface area contributed by atoms with E-state index < -0.39 is 11.5 Å². The quantitative estimate of drug-likeness (QED) is 0.617. The van der Waals surface area contributed by atoms with E-state index in [0.29, 0.717) is 23.7 Å². The Morgan fingerprint density at radius 1 is 1.17 bits per heavy atom. The number of carbonyl (C=O) groups is 1. The van der Waals surface area contributed by atoms with Gasteiger partial charge in [-0.1, -0.05) is 57.7 Å². The van der Waals surface area contributed by atoms with Crippen molar-refractivity contribution in [2.24, 2.45) is 10.2 Å². The molecule has 1 heterocycles. The molecule has 0 radical (unpaired) electrons. The minimum Gasteiger partial charge on any atom is -0.493 e. The molecule has 0 aliphatic carbocycles. The van der Waals surface area contributed by atoms with Crippen LogP contribution in [0.25, 0.3) is 10.9 Å². The summed E-state index contributed by atoms with van der Waals surface area (Å²) >= 11 is 0. The number of benzene rings is 1. The Bertz CT molecular complexity index is 713. The third kappa shape index (κ3) is 4.00. The van der Waals surface area contributed by atoms with Crippen LogP contribution in [0.5, 0.6) is 5.88 Å². The lowest BCUT2D eigenvalue weighted by Gasteiger charge is -2.23. The Morgan fingerprint density at radius 3 is 2.42 bits per heavy atom. The van der Waals surface area contributed by atoms with Gasteiger partial charge < -0.3 is 15.2 Å². The van der Waals surface area contributed by atoms with Crippen molar-refractivity contribution in [2.75, 3.05) is 0 Å². The van der Waals surface area contributed by atoms with E-state index in [0.717, 1.165) is 25.7 Å². The van der Waals surface area contributed by atoms with E-state index in [2.05, 4.69) is 15.2 Å². The van der Waals surface area contributed by atoms with Crippen molar-refractivity contribution in [3.05, 3.63) is 24.3 Å². The van der Waals surface area contributed by atoms with E-state index in [1.165, 1.54) is 0 Å². The molecule has 3 N–H and O–H groups in total. The number of aromatic amines is 1.